The standard InChI is InChI=1S/C21H20FN3O3/c1-10-6-18-20-14(8-25(18)21(26)15(10)9-28-24-27)13-5-3-4-12-11(2)16(22)7-17(23-20)19(12)13/h6-7,24,27H,3-5,8-9H2,1-2H3. The van der Waals surface area contributed by atoms with Gasteiger partial charge in [-0.25, -0.2) is 9.37 Å². The molecule has 2 N–H and O–H groups in total. The van der Waals surface area contributed by atoms with E-state index in [0.29, 0.717) is 23.2 Å². The molecule has 3 heterocycles. The molecule has 28 heavy (non-hydrogen) atoms. The van der Waals surface area contributed by atoms with Crippen molar-refractivity contribution in [3.05, 3.63) is 61.7 Å². The third-order valence-corrected chi connectivity index (χ3v) is 6.13. The average molecular weight is 381 g/mol. The summed E-state index contributed by atoms with van der Waals surface area (Å²) in [6.45, 7) is 4.09. The molecule has 144 valence electrons. The van der Waals surface area contributed by atoms with Gasteiger partial charge >= 0.3 is 0 Å². The van der Waals surface area contributed by atoms with Crippen LogP contribution in [0.2, 0.25) is 0 Å². The Morgan fingerprint density at radius 2 is 2.04 bits per heavy atom. The Hall–Kier alpha value is -2.61. The first-order chi connectivity index (χ1) is 13.5. The number of aryl methyl sites for hydroxylation is 3. The molecule has 0 bridgehead atoms. The molecule has 5 rings (SSSR count). The van der Waals surface area contributed by atoms with Crippen molar-refractivity contribution in [3.8, 4) is 11.4 Å². The van der Waals surface area contributed by atoms with E-state index in [1.54, 1.807) is 10.2 Å². The number of hydrogen-bond acceptors (Lipinski definition) is 5. The molecule has 0 fully saturated rings. The van der Waals surface area contributed by atoms with Crippen LogP contribution in [0.25, 0.3) is 22.3 Å². The molecule has 2 aliphatic rings. The largest absolute Gasteiger partial charge is 0.302 e. The molecule has 0 amide bonds. The zero-order valence-electron chi connectivity index (χ0n) is 15.7. The lowest BCUT2D eigenvalue weighted by molar-refractivity contribution is -0.136. The van der Waals surface area contributed by atoms with E-state index in [1.807, 2.05) is 19.9 Å². The minimum absolute atomic E-state index is 0.0331. The topological polar surface area (TPSA) is 76.4 Å². The van der Waals surface area contributed by atoms with Crippen molar-refractivity contribution >= 4 is 10.9 Å². The molecule has 0 radical (unpaired) electrons. The number of fused-ring (bicyclic) bond motifs is 4. The average Bonchev–Trinajstić information content (AvgIpc) is 3.05. The van der Waals surface area contributed by atoms with Crippen LogP contribution in [0.3, 0.4) is 0 Å². The van der Waals surface area contributed by atoms with Crippen LogP contribution in [0.15, 0.2) is 16.9 Å². The lowest BCUT2D eigenvalue weighted by Crippen LogP contribution is -2.26. The molecule has 2 aromatic heterocycles. The molecule has 0 unspecified atom stereocenters. The molecule has 1 aliphatic heterocycles. The first-order valence-electron chi connectivity index (χ1n) is 9.39. The second kappa shape index (κ2) is 6.20. The molecule has 0 saturated carbocycles. The number of aromatic nitrogens is 2. The van der Waals surface area contributed by atoms with Gasteiger partial charge in [-0.1, -0.05) is 5.64 Å². The summed E-state index contributed by atoms with van der Waals surface area (Å²) < 4.78 is 16.2. The van der Waals surface area contributed by atoms with Crippen LogP contribution in [0.5, 0.6) is 0 Å². The molecular formula is C21H20FN3O3. The Kier molecular flexibility index (Phi) is 3.87. The zero-order chi connectivity index (χ0) is 19.6. The molecular weight excluding hydrogens is 361 g/mol. The van der Waals surface area contributed by atoms with Crippen molar-refractivity contribution in [3.63, 3.8) is 0 Å². The van der Waals surface area contributed by atoms with Crippen LogP contribution in [0.1, 0.15) is 39.8 Å². The lowest BCUT2D eigenvalue weighted by atomic mass is 9.85. The van der Waals surface area contributed by atoms with Crippen LogP contribution >= 0.6 is 0 Å². The third-order valence-electron chi connectivity index (χ3n) is 6.13. The summed E-state index contributed by atoms with van der Waals surface area (Å²) in [5.41, 5.74) is 8.93. The fourth-order valence-corrected chi connectivity index (χ4v) is 4.71. The van der Waals surface area contributed by atoms with E-state index in [0.717, 1.165) is 52.7 Å². The number of pyridine rings is 2. The number of benzene rings is 1. The molecule has 1 aliphatic carbocycles. The summed E-state index contributed by atoms with van der Waals surface area (Å²) in [5, 5.41) is 9.74. The van der Waals surface area contributed by atoms with Gasteiger partial charge in [0.15, 0.2) is 0 Å². The number of halogens is 1. The maximum Gasteiger partial charge on any atom is 0.257 e. The van der Waals surface area contributed by atoms with Crippen molar-refractivity contribution in [2.45, 2.75) is 46.3 Å². The van der Waals surface area contributed by atoms with Gasteiger partial charge in [0.25, 0.3) is 5.56 Å². The van der Waals surface area contributed by atoms with Crippen LogP contribution < -0.4 is 11.2 Å². The number of nitrogens with one attached hydrogen (secondary N) is 1. The van der Waals surface area contributed by atoms with Gasteiger partial charge in [0.2, 0.25) is 0 Å². The van der Waals surface area contributed by atoms with Crippen LogP contribution in [0, 0.1) is 19.7 Å². The Labute approximate surface area is 160 Å². The van der Waals surface area contributed by atoms with Gasteiger partial charge < -0.3 is 4.57 Å². The summed E-state index contributed by atoms with van der Waals surface area (Å²) >= 11 is 0. The SMILES string of the molecule is Cc1cc2n(c(=O)c1CONO)Cc1c-2nc2cc(F)c(C)c3c2c1CCC3. The van der Waals surface area contributed by atoms with Crippen molar-refractivity contribution in [2.24, 2.45) is 0 Å². The van der Waals surface area contributed by atoms with Gasteiger partial charge in [-0.2, -0.15) is 0 Å². The van der Waals surface area contributed by atoms with E-state index in [1.165, 1.54) is 11.6 Å². The maximum atomic E-state index is 14.5. The Bertz CT molecular complexity index is 1220. The van der Waals surface area contributed by atoms with Crippen LogP contribution in [-0.2, 0) is 30.8 Å². The normalized spacial score (nSPS) is 14.4. The summed E-state index contributed by atoms with van der Waals surface area (Å²) in [4.78, 5) is 22.6. The Morgan fingerprint density at radius 3 is 2.82 bits per heavy atom. The molecule has 3 aromatic rings. The molecule has 0 spiro atoms. The monoisotopic (exact) mass is 381 g/mol. The Balaban J connectivity index is 1.79. The van der Waals surface area contributed by atoms with Crippen molar-refractivity contribution in [2.75, 3.05) is 0 Å². The quantitative estimate of drug-likeness (QED) is 0.534. The van der Waals surface area contributed by atoms with E-state index >= 15 is 0 Å². The summed E-state index contributed by atoms with van der Waals surface area (Å²) in [5.74, 6) is -0.224. The minimum Gasteiger partial charge on any atom is -0.302 e. The number of nitrogens with zero attached hydrogens (tertiary/aromatic N) is 2. The number of hydrogen-bond donors (Lipinski definition) is 2. The smallest absolute Gasteiger partial charge is 0.257 e. The first-order valence-corrected chi connectivity index (χ1v) is 9.39. The zero-order valence-corrected chi connectivity index (χ0v) is 15.7. The Morgan fingerprint density at radius 1 is 1.25 bits per heavy atom. The fourth-order valence-electron chi connectivity index (χ4n) is 4.71. The van der Waals surface area contributed by atoms with E-state index < -0.39 is 0 Å². The fraction of sp³-hybridized carbons (Fsp3) is 0.333. The second-order valence-corrected chi connectivity index (χ2v) is 7.59. The summed E-state index contributed by atoms with van der Waals surface area (Å²) in [7, 11) is 0. The molecule has 6 nitrogen and oxygen atoms in total. The van der Waals surface area contributed by atoms with Gasteiger partial charge in [0, 0.05) is 22.6 Å². The predicted molar refractivity (Wildman–Crippen MR) is 102 cm³/mol. The van der Waals surface area contributed by atoms with Gasteiger partial charge in [0.05, 0.1) is 23.4 Å². The van der Waals surface area contributed by atoms with E-state index in [2.05, 4.69) is 0 Å². The maximum absolute atomic E-state index is 14.5. The van der Waals surface area contributed by atoms with Crippen molar-refractivity contribution in [1.29, 1.82) is 0 Å². The van der Waals surface area contributed by atoms with E-state index in [9.17, 15) is 9.18 Å². The lowest BCUT2D eigenvalue weighted by Gasteiger charge is -2.21. The third kappa shape index (κ3) is 2.30. The van der Waals surface area contributed by atoms with Crippen LogP contribution in [0.4, 0.5) is 4.39 Å². The van der Waals surface area contributed by atoms with Gasteiger partial charge in [-0.15, -0.1) is 0 Å². The highest BCUT2D eigenvalue weighted by Crippen LogP contribution is 2.41. The van der Waals surface area contributed by atoms with Crippen molar-refractivity contribution < 1.29 is 14.4 Å². The second-order valence-electron chi connectivity index (χ2n) is 7.59. The summed E-state index contributed by atoms with van der Waals surface area (Å²) in [6.07, 6.45) is 2.73. The summed E-state index contributed by atoms with van der Waals surface area (Å²) in [6, 6.07) is 3.44. The molecule has 7 heteroatoms. The van der Waals surface area contributed by atoms with Crippen LogP contribution in [-0.4, -0.2) is 14.8 Å². The van der Waals surface area contributed by atoms with Gasteiger partial charge in [0.1, 0.15) is 12.4 Å². The van der Waals surface area contributed by atoms with Gasteiger partial charge in [-0.3, -0.25) is 14.8 Å². The minimum atomic E-state index is -0.224. The molecule has 0 saturated heterocycles. The number of rotatable bonds is 3. The highest BCUT2D eigenvalue weighted by Gasteiger charge is 2.30. The molecule has 0 atom stereocenters. The highest BCUT2D eigenvalue weighted by molar-refractivity contribution is 5.92. The molecule has 1 aromatic carbocycles. The van der Waals surface area contributed by atoms with Gasteiger partial charge in [-0.05, 0) is 61.4 Å². The first kappa shape index (κ1) is 17.5. The van der Waals surface area contributed by atoms with E-state index in [4.69, 9.17) is 15.0 Å². The van der Waals surface area contributed by atoms with Crippen molar-refractivity contribution in [1.82, 2.24) is 15.2 Å². The van der Waals surface area contributed by atoms with E-state index in [-0.39, 0.29) is 18.0 Å². The predicted octanol–water partition coefficient (Wildman–Crippen LogP) is 3.08. The highest BCUT2D eigenvalue weighted by atomic mass is 19.1.